The van der Waals surface area contributed by atoms with Crippen molar-refractivity contribution >= 4 is 39.1 Å². The lowest BCUT2D eigenvalue weighted by Crippen LogP contribution is -2.44. The van der Waals surface area contributed by atoms with Gasteiger partial charge in [0.1, 0.15) is 6.04 Å². The second-order valence-corrected chi connectivity index (χ2v) is 8.34. The highest BCUT2D eigenvalue weighted by molar-refractivity contribution is 7.89. The number of carbonyl (C=O) groups is 2. The van der Waals surface area contributed by atoms with Gasteiger partial charge in [-0.05, 0) is 42.8 Å². The van der Waals surface area contributed by atoms with Crippen LogP contribution in [0.15, 0.2) is 47.4 Å². The number of carbonyl (C=O) groups excluding carboxylic acids is 2. The number of nitrogens with one attached hydrogen (secondary N) is 2. The summed E-state index contributed by atoms with van der Waals surface area (Å²) in [4.78, 5) is 23.9. The number of methoxy groups -OCH3 is 2. The van der Waals surface area contributed by atoms with Crippen LogP contribution in [-0.4, -0.2) is 40.5 Å². The van der Waals surface area contributed by atoms with E-state index in [0.29, 0.717) is 22.2 Å². The maximum Gasteiger partial charge on any atom is 0.242 e. The molecule has 2 rings (SSSR count). The lowest BCUT2D eigenvalue weighted by Gasteiger charge is -2.19. The van der Waals surface area contributed by atoms with Crippen LogP contribution >= 0.6 is 11.6 Å². The topological polar surface area (TPSA) is 137 Å². The van der Waals surface area contributed by atoms with Crippen molar-refractivity contribution in [3.63, 3.8) is 0 Å². The van der Waals surface area contributed by atoms with Gasteiger partial charge in [-0.2, -0.15) is 4.72 Å². The van der Waals surface area contributed by atoms with Crippen molar-refractivity contribution in [2.45, 2.75) is 23.8 Å². The van der Waals surface area contributed by atoms with Gasteiger partial charge in [-0.3, -0.25) is 9.59 Å². The number of hydrogen-bond donors (Lipinski definition) is 3. The lowest BCUT2D eigenvalue weighted by molar-refractivity contribution is -0.119. The van der Waals surface area contributed by atoms with E-state index in [1.807, 2.05) is 0 Å². The average Bonchev–Trinajstić information content (AvgIpc) is 2.71. The normalized spacial score (nSPS) is 12.1. The molecule has 1 atom stereocenters. The van der Waals surface area contributed by atoms with Gasteiger partial charge < -0.3 is 20.5 Å². The predicted octanol–water partition coefficient (Wildman–Crippen LogP) is 1.91. The number of hydrogen-bond acceptors (Lipinski definition) is 6. The zero-order valence-corrected chi connectivity index (χ0v) is 17.9. The van der Waals surface area contributed by atoms with Gasteiger partial charge in [-0.25, -0.2) is 8.42 Å². The fraction of sp³-hybridized carbons (Fsp3) is 0.263. The summed E-state index contributed by atoms with van der Waals surface area (Å²) in [6, 6.07) is 8.88. The Kier molecular flexibility index (Phi) is 8.04. The van der Waals surface area contributed by atoms with Gasteiger partial charge in [0.2, 0.25) is 21.8 Å². The van der Waals surface area contributed by atoms with Gasteiger partial charge in [-0.1, -0.05) is 11.6 Å². The summed E-state index contributed by atoms with van der Waals surface area (Å²) in [5.74, 6) is -0.486. The molecular formula is C19H22ClN3O6S. The van der Waals surface area contributed by atoms with E-state index in [0.717, 1.165) is 0 Å². The lowest BCUT2D eigenvalue weighted by atomic mass is 10.1. The van der Waals surface area contributed by atoms with Crippen molar-refractivity contribution in [2.75, 3.05) is 19.5 Å². The van der Waals surface area contributed by atoms with Gasteiger partial charge in [0, 0.05) is 23.2 Å². The van der Waals surface area contributed by atoms with E-state index in [2.05, 4.69) is 10.0 Å². The minimum atomic E-state index is -4.05. The molecule has 0 aliphatic heterocycles. The summed E-state index contributed by atoms with van der Waals surface area (Å²) in [6.45, 7) is 0. The Balaban J connectivity index is 2.24. The number of ether oxygens (including phenoxy) is 2. The van der Waals surface area contributed by atoms with Gasteiger partial charge in [-0.15, -0.1) is 0 Å². The first-order valence-electron chi connectivity index (χ1n) is 8.75. The summed E-state index contributed by atoms with van der Waals surface area (Å²) in [6.07, 6.45) is -0.311. The Bertz CT molecular complexity index is 1010. The molecule has 2 aromatic rings. The standard InChI is InChI=1S/C19H22ClN3O6S/c1-28-16-9-5-13(11-17(16)29-2)22-19(25)15(8-10-18(21)24)23-30(26,27)14-6-3-12(20)4-7-14/h3-7,9,11,15,23H,8,10H2,1-2H3,(H2,21,24)(H,22,25). The molecule has 0 radical (unpaired) electrons. The molecule has 4 N–H and O–H groups in total. The van der Waals surface area contributed by atoms with Crippen molar-refractivity contribution in [3.8, 4) is 11.5 Å². The second-order valence-electron chi connectivity index (χ2n) is 6.19. The van der Waals surface area contributed by atoms with Crippen LogP contribution in [0.3, 0.4) is 0 Å². The Morgan fingerprint density at radius 3 is 2.27 bits per heavy atom. The number of nitrogens with two attached hydrogens (primary N) is 1. The Morgan fingerprint density at radius 2 is 1.70 bits per heavy atom. The van der Waals surface area contributed by atoms with Crippen LogP contribution in [0.25, 0.3) is 0 Å². The van der Waals surface area contributed by atoms with Gasteiger partial charge >= 0.3 is 0 Å². The fourth-order valence-electron chi connectivity index (χ4n) is 2.54. The first-order chi connectivity index (χ1) is 14.2. The first-order valence-corrected chi connectivity index (χ1v) is 10.6. The van der Waals surface area contributed by atoms with Crippen LogP contribution in [0.5, 0.6) is 11.5 Å². The predicted molar refractivity (Wildman–Crippen MR) is 112 cm³/mol. The number of sulfonamides is 1. The Labute approximate surface area is 179 Å². The van der Waals surface area contributed by atoms with Gasteiger partial charge in [0.05, 0.1) is 19.1 Å². The number of rotatable bonds is 10. The molecule has 1 unspecified atom stereocenters. The van der Waals surface area contributed by atoms with E-state index >= 15 is 0 Å². The van der Waals surface area contributed by atoms with Crippen molar-refractivity contribution in [2.24, 2.45) is 5.73 Å². The fourth-order valence-corrected chi connectivity index (χ4v) is 3.90. The van der Waals surface area contributed by atoms with E-state index in [1.54, 1.807) is 12.1 Å². The van der Waals surface area contributed by atoms with Gasteiger partial charge in [0.15, 0.2) is 11.5 Å². The third-order valence-corrected chi connectivity index (χ3v) is 5.81. The third kappa shape index (κ3) is 6.34. The zero-order valence-electron chi connectivity index (χ0n) is 16.3. The number of amides is 2. The molecule has 0 spiro atoms. The Morgan fingerprint density at radius 1 is 1.07 bits per heavy atom. The molecule has 0 fully saturated rings. The quantitative estimate of drug-likeness (QED) is 0.500. The highest BCUT2D eigenvalue weighted by atomic mass is 35.5. The second kappa shape index (κ2) is 10.3. The zero-order chi connectivity index (χ0) is 22.3. The molecule has 30 heavy (non-hydrogen) atoms. The maximum absolute atomic E-state index is 12.8. The molecule has 0 saturated heterocycles. The van der Waals surface area contributed by atoms with Crippen LogP contribution < -0.4 is 25.2 Å². The molecule has 0 aliphatic carbocycles. The molecule has 9 nitrogen and oxygen atoms in total. The maximum atomic E-state index is 12.8. The smallest absolute Gasteiger partial charge is 0.242 e. The molecule has 2 amide bonds. The van der Waals surface area contributed by atoms with Gasteiger partial charge in [0.25, 0.3) is 0 Å². The number of anilines is 1. The van der Waals surface area contributed by atoms with Crippen molar-refractivity contribution in [3.05, 3.63) is 47.5 Å². The first kappa shape index (κ1) is 23.5. The minimum Gasteiger partial charge on any atom is -0.493 e. The number of primary amides is 1. The van der Waals surface area contributed by atoms with Crippen LogP contribution in [0, 0.1) is 0 Å². The number of halogens is 1. The van der Waals surface area contributed by atoms with Crippen LogP contribution in [0.1, 0.15) is 12.8 Å². The van der Waals surface area contributed by atoms with Crippen molar-refractivity contribution in [1.82, 2.24) is 4.72 Å². The minimum absolute atomic E-state index is 0.0742. The van der Waals surface area contributed by atoms with E-state index in [-0.39, 0.29) is 17.7 Å². The Hall–Kier alpha value is -2.82. The van der Waals surface area contributed by atoms with E-state index in [4.69, 9.17) is 26.8 Å². The third-order valence-electron chi connectivity index (χ3n) is 4.07. The SMILES string of the molecule is COc1ccc(NC(=O)C(CCC(N)=O)NS(=O)(=O)c2ccc(Cl)cc2)cc1OC. The summed E-state index contributed by atoms with van der Waals surface area (Å²) in [5.41, 5.74) is 5.52. The molecule has 0 aliphatic rings. The molecular weight excluding hydrogens is 434 g/mol. The van der Waals surface area contributed by atoms with Crippen LogP contribution in [0.2, 0.25) is 5.02 Å². The van der Waals surface area contributed by atoms with Crippen LogP contribution in [0.4, 0.5) is 5.69 Å². The highest BCUT2D eigenvalue weighted by Crippen LogP contribution is 2.29. The monoisotopic (exact) mass is 455 g/mol. The molecule has 0 saturated carbocycles. The summed E-state index contributed by atoms with van der Waals surface area (Å²) in [7, 11) is -1.13. The van der Waals surface area contributed by atoms with E-state index in [1.165, 1.54) is 44.6 Å². The van der Waals surface area contributed by atoms with Crippen molar-refractivity contribution < 1.29 is 27.5 Å². The molecule has 162 valence electrons. The molecule has 2 aromatic carbocycles. The number of benzene rings is 2. The van der Waals surface area contributed by atoms with Crippen molar-refractivity contribution in [1.29, 1.82) is 0 Å². The summed E-state index contributed by atoms with van der Waals surface area (Å²) in [5, 5.41) is 2.97. The van der Waals surface area contributed by atoms with E-state index < -0.39 is 27.9 Å². The molecule has 0 heterocycles. The molecule has 0 aromatic heterocycles. The highest BCUT2D eigenvalue weighted by Gasteiger charge is 2.26. The molecule has 11 heteroatoms. The largest absolute Gasteiger partial charge is 0.493 e. The summed E-state index contributed by atoms with van der Waals surface area (Å²) < 4.78 is 37.9. The molecule has 0 bridgehead atoms. The van der Waals surface area contributed by atoms with Crippen LogP contribution in [-0.2, 0) is 19.6 Å². The summed E-state index contributed by atoms with van der Waals surface area (Å²) >= 11 is 5.79. The van der Waals surface area contributed by atoms with E-state index in [9.17, 15) is 18.0 Å². The average molecular weight is 456 g/mol.